The van der Waals surface area contributed by atoms with Crippen LogP contribution in [0, 0.1) is 12.7 Å². The number of aryl methyl sites for hydroxylation is 1. The molecule has 1 N–H and O–H groups in total. The summed E-state index contributed by atoms with van der Waals surface area (Å²) in [6, 6.07) is 15.4. The third-order valence-corrected chi connectivity index (χ3v) is 5.28. The number of nitrogens with zero attached hydrogens (tertiary/aromatic N) is 1. The zero-order valence-electron chi connectivity index (χ0n) is 13.2. The molecule has 0 amide bonds. The number of pyridine rings is 1. The maximum atomic E-state index is 13.3. The topological polar surface area (TPSA) is 59.1 Å². The lowest BCUT2D eigenvalue weighted by molar-refractivity contribution is 0.595. The van der Waals surface area contributed by atoms with E-state index in [2.05, 4.69) is 9.71 Å². The second-order valence-corrected chi connectivity index (χ2v) is 7.46. The van der Waals surface area contributed by atoms with Crippen LogP contribution in [0.3, 0.4) is 0 Å². The maximum absolute atomic E-state index is 13.3. The molecule has 0 atom stereocenters. The molecule has 0 bridgehead atoms. The third kappa shape index (κ3) is 3.81. The molecule has 0 aliphatic carbocycles. The number of sulfonamides is 1. The first-order valence-electron chi connectivity index (χ1n) is 7.38. The van der Waals surface area contributed by atoms with Crippen LogP contribution in [0.15, 0.2) is 65.6 Å². The Morgan fingerprint density at radius 2 is 1.76 bits per heavy atom. The van der Waals surface area contributed by atoms with Crippen molar-refractivity contribution >= 4 is 27.4 Å². The van der Waals surface area contributed by atoms with Gasteiger partial charge in [0.15, 0.2) is 0 Å². The average Bonchev–Trinajstić information content (AvgIpc) is 2.56. The van der Waals surface area contributed by atoms with Crippen molar-refractivity contribution in [2.45, 2.75) is 11.8 Å². The van der Waals surface area contributed by atoms with Gasteiger partial charge in [-0.1, -0.05) is 35.9 Å². The summed E-state index contributed by atoms with van der Waals surface area (Å²) in [5.41, 5.74) is 2.24. The average molecular weight is 377 g/mol. The minimum Gasteiger partial charge on any atom is -0.263 e. The number of rotatable bonds is 4. The van der Waals surface area contributed by atoms with E-state index >= 15 is 0 Å². The van der Waals surface area contributed by atoms with Crippen LogP contribution in [-0.2, 0) is 10.0 Å². The van der Waals surface area contributed by atoms with E-state index in [4.69, 9.17) is 11.6 Å². The summed E-state index contributed by atoms with van der Waals surface area (Å²) in [5, 5.41) is 0.584. The van der Waals surface area contributed by atoms with Crippen molar-refractivity contribution in [1.82, 2.24) is 4.98 Å². The predicted octanol–water partition coefficient (Wildman–Crippen LogP) is 4.65. The SMILES string of the molecule is Cc1nc(NS(=O)(=O)c2cccc(F)c2)ccc1-c1ccccc1Cl. The van der Waals surface area contributed by atoms with Crippen LogP contribution in [0.1, 0.15) is 5.69 Å². The first kappa shape index (κ1) is 17.4. The molecule has 1 aromatic heterocycles. The number of anilines is 1. The molecule has 0 unspecified atom stereocenters. The number of halogens is 2. The van der Waals surface area contributed by atoms with Crippen LogP contribution < -0.4 is 4.72 Å². The lowest BCUT2D eigenvalue weighted by Gasteiger charge is -2.11. The quantitative estimate of drug-likeness (QED) is 0.721. The summed E-state index contributed by atoms with van der Waals surface area (Å²) in [6.45, 7) is 1.76. The highest BCUT2D eigenvalue weighted by atomic mass is 35.5. The lowest BCUT2D eigenvalue weighted by Crippen LogP contribution is -2.14. The van der Waals surface area contributed by atoms with E-state index < -0.39 is 15.8 Å². The fraction of sp³-hybridized carbons (Fsp3) is 0.0556. The Morgan fingerprint density at radius 3 is 2.44 bits per heavy atom. The van der Waals surface area contributed by atoms with Crippen LogP contribution in [0.2, 0.25) is 5.02 Å². The molecule has 0 spiro atoms. The van der Waals surface area contributed by atoms with Crippen LogP contribution >= 0.6 is 11.6 Å². The van der Waals surface area contributed by atoms with E-state index in [-0.39, 0.29) is 10.7 Å². The number of hydrogen-bond donors (Lipinski definition) is 1. The van der Waals surface area contributed by atoms with Gasteiger partial charge < -0.3 is 0 Å². The summed E-state index contributed by atoms with van der Waals surface area (Å²) < 4.78 is 40.3. The molecule has 3 aromatic rings. The van der Waals surface area contributed by atoms with Crippen LogP contribution in [0.4, 0.5) is 10.2 Å². The van der Waals surface area contributed by atoms with Gasteiger partial charge in [0.05, 0.1) is 4.90 Å². The molecule has 1 heterocycles. The van der Waals surface area contributed by atoms with Crippen LogP contribution in [0.25, 0.3) is 11.1 Å². The van der Waals surface area contributed by atoms with E-state index in [1.165, 1.54) is 18.2 Å². The Hall–Kier alpha value is -2.44. The fourth-order valence-electron chi connectivity index (χ4n) is 2.41. The Kier molecular flexibility index (Phi) is 4.74. The van der Waals surface area contributed by atoms with Gasteiger partial charge in [0.2, 0.25) is 0 Å². The lowest BCUT2D eigenvalue weighted by atomic mass is 10.0. The maximum Gasteiger partial charge on any atom is 0.263 e. The molecule has 0 aliphatic rings. The minimum atomic E-state index is -3.92. The molecule has 4 nitrogen and oxygen atoms in total. The molecule has 0 saturated heterocycles. The highest BCUT2D eigenvalue weighted by molar-refractivity contribution is 7.92. The van der Waals surface area contributed by atoms with Crippen LogP contribution in [-0.4, -0.2) is 13.4 Å². The van der Waals surface area contributed by atoms with E-state index in [9.17, 15) is 12.8 Å². The summed E-state index contributed by atoms with van der Waals surface area (Å²) in [5.74, 6) is -0.473. The van der Waals surface area contributed by atoms with Gasteiger partial charge in [-0.05, 0) is 43.3 Å². The second kappa shape index (κ2) is 6.82. The van der Waals surface area contributed by atoms with Gasteiger partial charge in [0.25, 0.3) is 10.0 Å². The van der Waals surface area contributed by atoms with E-state index in [1.54, 1.807) is 25.1 Å². The first-order chi connectivity index (χ1) is 11.9. The number of benzene rings is 2. The standard InChI is InChI=1S/C18H14ClFN2O2S/c1-12-15(16-7-2-3-8-17(16)19)9-10-18(21-12)22-25(23,24)14-6-4-5-13(20)11-14/h2-11H,1H3,(H,21,22). The highest BCUT2D eigenvalue weighted by Gasteiger charge is 2.16. The van der Waals surface area contributed by atoms with Gasteiger partial charge >= 0.3 is 0 Å². The van der Waals surface area contributed by atoms with E-state index in [0.29, 0.717) is 10.7 Å². The molecule has 0 radical (unpaired) electrons. The van der Waals surface area contributed by atoms with Crippen molar-refractivity contribution in [3.05, 3.63) is 77.2 Å². The van der Waals surface area contributed by atoms with Crippen molar-refractivity contribution in [2.24, 2.45) is 0 Å². The normalized spacial score (nSPS) is 11.3. The molecule has 128 valence electrons. The Morgan fingerprint density at radius 1 is 1.00 bits per heavy atom. The fourth-order valence-corrected chi connectivity index (χ4v) is 3.68. The van der Waals surface area contributed by atoms with Gasteiger partial charge in [0, 0.05) is 21.8 Å². The van der Waals surface area contributed by atoms with E-state index in [1.807, 2.05) is 18.2 Å². The van der Waals surface area contributed by atoms with Crippen LogP contribution in [0.5, 0.6) is 0 Å². The number of nitrogens with one attached hydrogen (secondary N) is 1. The van der Waals surface area contributed by atoms with Gasteiger partial charge in [-0.25, -0.2) is 17.8 Å². The molecule has 0 fully saturated rings. The van der Waals surface area contributed by atoms with Gasteiger partial charge in [-0.15, -0.1) is 0 Å². The summed E-state index contributed by atoms with van der Waals surface area (Å²) in [7, 11) is -3.92. The van der Waals surface area contributed by atoms with Crippen molar-refractivity contribution in [1.29, 1.82) is 0 Å². The second-order valence-electron chi connectivity index (χ2n) is 5.37. The molecule has 25 heavy (non-hydrogen) atoms. The first-order valence-corrected chi connectivity index (χ1v) is 9.24. The monoisotopic (exact) mass is 376 g/mol. The van der Waals surface area contributed by atoms with Gasteiger partial charge in [0.1, 0.15) is 11.6 Å². The Bertz CT molecular complexity index is 1040. The van der Waals surface area contributed by atoms with Crippen molar-refractivity contribution < 1.29 is 12.8 Å². The molecule has 0 aliphatic heterocycles. The molecular formula is C18H14ClFN2O2S. The number of aromatic nitrogens is 1. The van der Waals surface area contributed by atoms with Gasteiger partial charge in [-0.2, -0.15) is 0 Å². The highest BCUT2D eigenvalue weighted by Crippen LogP contribution is 2.30. The van der Waals surface area contributed by atoms with Crippen molar-refractivity contribution in [2.75, 3.05) is 4.72 Å². The smallest absolute Gasteiger partial charge is 0.263 e. The summed E-state index contributed by atoms with van der Waals surface area (Å²) in [6.07, 6.45) is 0. The number of hydrogen-bond acceptors (Lipinski definition) is 3. The summed E-state index contributed by atoms with van der Waals surface area (Å²) >= 11 is 6.20. The molecule has 3 rings (SSSR count). The van der Waals surface area contributed by atoms with Crippen molar-refractivity contribution in [3.8, 4) is 11.1 Å². The van der Waals surface area contributed by atoms with Gasteiger partial charge in [-0.3, -0.25) is 4.72 Å². The minimum absolute atomic E-state index is 0.151. The summed E-state index contributed by atoms with van der Waals surface area (Å²) in [4.78, 5) is 4.12. The molecular weight excluding hydrogens is 363 g/mol. The predicted molar refractivity (Wildman–Crippen MR) is 96.6 cm³/mol. The van der Waals surface area contributed by atoms with Crippen molar-refractivity contribution in [3.63, 3.8) is 0 Å². The largest absolute Gasteiger partial charge is 0.263 e. The zero-order valence-corrected chi connectivity index (χ0v) is 14.8. The molecule has 0 saturated carbocycles. The molecule has 7 heteroatoms. The Labute approximate surface area is 150 Å². The zero-order chi connectivity index (χ0) is 18.0. The Balaban J connectivity index is 1.93. The third-order valence-electron chi connectivity index (χ3n) is 3.60. The van der Waals surface area contributed by atoms with E-state index in [0.717, 1.165) is 17.2 Å². The molecule has 2 aromatic carbocycles.